The van der Waals surface area contributed by atoms with Crippen molar-refractivity contribution >= 4 is 0 Å². The van der Waals surface area contributed by atoms with Gasteiger partial charge in [0, 0.05) is 6.04 Å². The van der Waals surface area contributed by atoms with Crippen LogP contribution in [-0.4, -0.2) is 6.04 Å². The van der Waals surface area contributed by atoms with E-state index < -0.39 is 0 Å². The Balaban J connectivity index is 0.000000671. The van der Waals surface area contributed by atoms with Crippen LogP contribution in [0.2, 0.25) is 0 Å². The Kier molecular flexibility index (Phi) is 5.62. The minimum atomic E-state index is 0.425. The van der Waals surface area contributed by atoms with Crippen LogP contribution in [0.15, 0.2) is 0 Å². The highest BCUT2D eigenvalue weighted by molar-refractivity contribution is 4.87. The van der Waals surface area contributed by atoms with E-state index in [2.05, 4.69) is 27.7 Å². The summed E-state index contributed by atoms with van der Waals surface area (Å²) in [5.74, 6) is 3.05. The van der Waals surface area contributed by atoms with E-state index in [0.29, 0.717) is 17.9 Å². The van der Waals surface area contributed by atoms with Crippen molar-refractivity contribution < 1.29 is 0 Å². The first kappa shape index (κ1) is 13.0. The number of hydrogen-bond donors (Lipinski definition) is 1. The summed E-state index contributed by atoms with van der Waals surface area (Å²) in [4.78, 5) is 0. The van der Waals surface area contributed by atoms with Crippen LogP contribution in [0.4, 0.5) is 0 Å². The zero-order valence-electron chi connectivity index (χ0n) is 10.2. The lowest BCUT2D eigenvalue weighted by molar-refractivity contribution is 0.125. The number of rotatable bonds is 0. The molecule has 4 unspecified atom stereocenters. The highest BCUT2D eigenvalue weighted by Gasteiger charge is 2.33. The maximum atomic E-state index is 6.10. The smallest absolute Gasteiger partial charge is 0.00954 e. The lowest BCUT2D eigenvalue weighted by atomic mass is 9.68. The molecule has 0 heterocycles. The van der Waals surface area contributed by atoms with Crippen molar-refractivity contribution in [3.8, 4) is 0 Å². The van der Waals surface area contributed by atoms with Crippen LogP contribution in [0, 0.1) is 23.7 Å². The van der Waals surface area contributed by atoms with Gasteiger partial charge < -0.3 is 5.73 Å². The molecular formula is C12H27N. The van der Waals surface area contributed by atoms with Gasteiger partial charge in [-0.1, -0.05) is 41.5 Å². The van der Waals surface area contributed by atoms with Crippen LogP contribution in [-0.2, 0) is 0 Å². The summed E-state index contributed by atoms with van der Waals surface area (Å²) in [5, 5.41) is 0. The molecule has 0 aromatic rings. The van der Waals surface area contributed by atoms with Crippen LogP contribution in [0.5, 0.6) is 0 Å². The molecule has 4 atom stereocenters. The normalized spacial score (nSPS) is 45.0. The topological polar surface area (TPSA) is 26.0 Å². The van der Waals surface area contributed by atoms with Gasteiger partial charge in [-0.25, -0.2) is 0 Å². The SMILES string of the molecule is CC.CC1CC(C)C(C)C(N)C1C. The van der Waals surface area contributed by atoms with Gasteiger partial charge in [0.05, 0.1) is 0 Å². The lowest BCUT2D eigenvalue weighted by Gasteiger charge is -2.40. The Morgan fingerprint density at radius 2 is 1.15 bits per heavy atom. The Labute approximate surface area is 84.1 Å². The Morgan fingerprint density at radius 1 is 0.846 bits per heavy atom. The molecule has 0 aromatic heterocycles. The van der Waals surface area contributed by atoms with Gasteiger partial charge >= 0.3 is 0 Å². The Morgan fingerprint density at radius 3 is 1.46 bits per heavy atom. The van der Waals surface area contributed by atoms with Gasteiger partial charge in [0.25, 0.3) is 0 Å². The van der Waals surface area contributed by atoms with Crippen LogP contribution in [0.1, 0.15) is 48.0 Å². The predicted octanol–water partition coefficient (Wildman–Crippen LogP) is 3.29. The molecule has 0 radical (unpaired) electrons. The Hall–Kier alpha value is -0.0400. The van der Waals surface area contributed by atoms with E-state index in [1.54, 1.807) is 0 Å². The highest BCUT2D eigenvalue weighted by atomic mass is 14.7. The molecule has 1 aliphatic carbocycles. The van der Waals surface area contributed by atoms with Crippen molar-refractivity contribution in [3.63, 3.8) is 0 Å². The fourth-order valence-electron chi connectivity index (χ4n) is 2.25. The van der Waals surface area contributed by atoms with Crippen molar-refractivity contribution in [1.29, 1.82) is 0 Å². The van der Waals surface area contributed by atoms with E-state index in [-0.39, 0.29) is 0 Å². The van der Waals surface area contributed by atoms with Gasteiger partial charge in [-0.15, -0.1) is 0 Å². The van der Waals surface area contributed by atoms with E-state index >= 15 is 0 Å². The monoisotopic (exact) mass is 185 g/mol. The van der Waals surface area contributed by atoms with Crippen LogP contribution in [0.3, 0.4) is 0 Å². The molecule has 1 rings (SSSR count). The van der Waals surface area contributed by atoms with Crippen molar-refractivity contribution in [1.82, 2.24) is 0 Å². The second-order valence-electron chi connectivity index (χ2n) is 4.49. The minimum absolute atomic E-state index is 0.425. The molecule has 1 fully saturated rings. The summed E-state index contributed by atoms with van der Waals surface area (Å²) in [6.45, 7) is 13.2. The van der Waals surface area contributed by atoms with Crippen LogP contribution in [0.25, 0.3) is 0 Å². The van der Waals surface area contributed by atoms with Gasteiger partial charge in [0.1, 0.15) is 0 Å². The summed E-state index contributed by atoms with van der Waals surface area (Å²) < 4.78 is 0. The standard InChI is InChI=1S/C10H21N.C2H6/c1-6-5-7(2)9(4)10(11)8(6)3;1-2/h6-10H,5,11H2,1-4H3;1-2H3. The molecule has 1 heteroatoms. The van der Waals surface area contributed by atoms with Crippen molar-refractivity contribution in [2.24, 2.45) is 29.4 Å². The highest BCUT2D eigenvalue weighted by Crippen LogP contribution is 2.36. The summed E-state index contributed by atoms with van der Waals surface area (Å²) in [6, 6.07) is 0.425. The van der Waals surface area contributed by atoms with Crippen LogP contribution >= 0.6 is 0 Å². The zero-order valence-corrected chi connectivity index (χ0v) is 10.2. The lowest BCUT2D eigenvalue weighted by Crippen LogP contribution is -2.45. The number of hydrogen-bond acceptors (Lipinski definition) is 1. The molecule has 1 nitrogen and oxygen atoms in total. The molecule has 1 aliphatic rings. The first-order valence-electron chi connectivity index (χ1n) is 5.79. The third-order valence-electron chi connectivity index (χ3n) is 3.75. The molecule has 0 aromatic carbocycles. The van der Waals surface area contributed by atoms with Gasteiger partial charge in [-0.3, -0.25) is 0 Å². The van der Waals surface area contributed by atoms with E-state index in [1.165, 1.54) is 6.42 Å². The fourth-order valence-corrected chi connectivity index (χ4v) is 2.25. The van der Waals surface area contributed by atoms with Crippen molar-refractivity contribution in [2.75, 3.05) is 0 Å². The van der Waals surface area contributed by atoms with Crippen molar-refractivity contribution in [2.45, 2.75) is 54.0 Å². The van der Waals surface area contributed by atoms with Crippen molar-refractivity contribution in [3.05, 3.63) is 0 Å². The first-order chi connectivity index (χ1) is 6.04. The molecule has 0 saturated heterocycles. The molecule has 0 spiro atoms. The van der Waals surface area contributed by atoms with Gasteiger partial charge in [0.2, 0.25) is 0 Å². The summed E-state index contributed by atoms with van der Waals surface area (Å²) in [6.07, 6.45) is 1.36. The molecule has 0 aliphatic heterocycles. The second-order valence-corrected chi connectivity index (χ2v) is 4.49. The average molecular weight is 185 g/mol. The molecule has 2 N–H and O–H groups in total. The predicted molar refractivity (Wildman–Crippen MR) is 60.6 cm³/mol. The molecule has 80 valence electrons. The van der Waals surface area contributed by atoms with Gasteiger partial charge in [0.15, 0.2) is 0 Å². The third-order valence-corrected chi connectivity index (χ3v) is 3.75. The van der Waals surface area contributed by atoms with Gasteiger partial charge in [-0.05, 0) is 30.1 Å². The van der Waals surface area contributed by atoms with E-state index in [9.17, 15) is 0 Å². The second kappa shape index (κ2) is 5.64. The van der Waals surface area contributed by atoms with E-state index in [4.69, 9.17) is 5.73 Å². The molecule has 0 amide bonds. The van der Waals surface area contributed by atoms with Gasteiger partial charge in [-0.2, -0.15) is 0 Å². The van der Waals surface area contributed by atoms with E-state index in [1.807, 2.05) is 13.8 Å². The quantitative estimate of drug-likeness (QED) is 0.616. The van der Waals surface area contributed by atoms with Crippen LogP contribution < -0.4 is 5.73 Å². The zero-order chi connectivity index (χ0) is 10.6. The summed E-state index contributed by atoms with van der Waals surface area (Å²) in [7, 11) is 0. The molecule has 1 saturated carbocycles. The summed E-state index contributed by atoms with van der Waals surface area (Å²) in [5.41, 5.74) is 6.10. The van der Waals surface area contributed by atoms with E-state index in [0.717, 1.165) is 11.8 Å². The maximum absolute atomic E-state index is 6.10. The summed E-state index contributed by atoms with van der Waals surface area (Å²) >= 11 is 0. The molecule has 13 heavy (non-hydrogen) atoms. The average Bonchev–Trinajstić information content (AvgIpc) is 2.15. The first-order valence-corrected chi connectivity index (χ1v) is 5.79. The maximum Gasteiger partial charge on any atom is 0.00954 e. The molecule has 0 bridgehead atoms. The minimum Gasteiger partial charge on any atom is -0.327 e. The fraction of sp³-hybridized carbons (Fsp3) is 1.00. The number of nitrogens with two attached hydrogens (primary N) is 1. The largest absolute Gasteiger partial charge is 0.327 e. The Bertz CT molecular complexity index is 119. The molecular weight excluding hydrogens is 158 g/mol. The third kappa shape index (κ3) is 2.98.